The molecule has 0 unspecified atom stereocenters. The van der Waals surface area contributed by atoms with Crippen molar-refractivity contribution in [2.24, 2.45) is 5.92 Å². The van der Waals surface area contributed by atoms with Crippen LogP contribution in [-0.4, -0.2) is 4.98 Å². The first-order valence-corrected chi connectivity index (χ1v) is 4.42. The van der Waals surface area contributed by atoms with Gasteiger partial charge in [-0.15, -0.1) is 0 Å². The average molecular weight is 170 g/mol. The van der Waals surface area contributed by atoms with Gasteiger partial charge in [0.1, 0.15) is 0 Å². The second-order valence-electron chi connectivity index (χ2n) is 3.27. The van der Waals surface area contributed by atoms with Crippen LogP contribution in [0.15, 0.2) is 30.6 Å². The molecule has 1 fully saturated rings. The minimum Gasteiger partial charge on any atom is -0.265 e. The number of hydrogen-bond acceptors (Lipinski definition) is 2. The zero-order valence-corrected chi connectivity index (χ0v) is 7.27. The number of pyridine rings is 1. The molecule has 1 heterocycles. The van der Waals surface area contributed by atoms with Gasteiger partial charge in [0.2, 0.25) is 0 Å². The Kier molecular flexibility index (Phi) is 2.09. The standard InChI is InChI=1S/C11H10N2/c12-8-11(7-9-1-2-9)10-3-5-13-6-4-10/h3-7,9H,1-2H2/b11-7-. The van der Waals surface area contributed by atoms with Crippen LogP contribution in [0.25, 0.3) is 5.57 Å². The molecule has 1 aliphatic carbocycles. The Bertz CT molecular complexity index is 355. The van der Waals surface area contributed by atoms with Crippen LogP contribution < -0.4 is 0 Å². The molecule has 1 aromatic rings. The third kappa shape index (κ3) is 1.94. The molecule has 0 amide bonds. The van der Waals surface area contributed by atoms with Crippen molar-refractivity contribution in [3.8, 4) is 6.07 Å². The summed E-state index contributed by atoms with van der Waals surface area (Å²) in [4.78, 5) is 3.92. The van der Waals surface area contributed by atoms with Gasteiger partial charge in [-0.25, -0.2) is 0 Å². The quantitative estimate of drug-likeness (QED) is 0.639. The Labute approximate surface area is 77.5 Å². The molecule has 0 atom stereocenters. The van der Waals surface area contributed by atoms with Crippen LogP contribution in [0.4, 0.5) is 0 Å². The van der Waals surface area contributed by atoms with Crippen molar-refractivity contribution in [2.75, 3.05) is 0 Å². The van der Waals surface area contributed by atoms with Gasteiger partial charge in [-0.05, 0) is 36.5 Å². The fourth-order valence-electron chi connectivity index (χ4n) is 1.23. The minimum atomic E-state index is 0.641. The number of nitrogens with zero attached hydrogens (tertiary/aromatic N) is 2. The fourth-order valence-corrected chi connectivity index (χ4v) is 1.23. The molecule has 0 spiro atoms. The van der Waals surface area contributed by atoms with E-state index in [4.69, 9.17) is 5.26 Å². The zero-order valence-electron chi connectivity index (χ0n) is 7.27. The monoisotopic (exact) mass is 170 g/mol. The molecule has 1 aliphatic rings. The summed E-state index contributed by atoms with van der Waals surface area (Å²) in [5, 5.41) is 8.92. The average Bonchev–Trinajstić information content (AvgIpc) is 2.99. The third-order valence-corrected chi connectivity index (χ3v) is 2.14. The van der Waals surface area contributed by atoms with E-state index >= 15 is 0 Å². The van der Waals surface area contributed by atoms with Crippen molar-refractivity contribution in [3.05, 3.63) is 36.2 Å². The molecular formula is C11H10N2. The van der Waals surface area contributed by atoms with Crippen molar-refractivity contribution in [1.29, 1.82) is 5.26 Å². The van der Waals surface area contributed by atoms with Crippen LogP contribution in [0, 0.1) is 17.2 Å². The molecule has 0 radical (unpaired) electrons. The van der Waals surface area contributed by atoms with Gasteiger partial charge < -0.3 is 0 Å². The van der Waals surface area contributed by atoms with Gasteiger partial charge in [-0.2, -0.15) is 5.26 Å². The maximum atomic E-state index is 8.92. The second-order valence-corrected chi connectivity index (χ2v) is 3.27. The van der Waals surface area contributed by atoms with Gasteiger partial charge in [0.25, 0.3) is 0 Å². The molecule has 1 aromatic heterocycles. The highest BCUT2D eigenvalue weighted by Crippen LogP contribution is 2.33. The van der Waals surface area contributed by atoms with Crippen LogP contribution >= 0.6 is 0 Å². The Morgan fingerprint density at radius 3 is 2.69 bits per heavy atom. The summed E-state index contributed by atoms with van der Waals surface area (Å²) in [7, 11) is 0. The zero-order chi connectivity index (χ0) is 9.10. The topological polar surface area (TPSA) is 36.7 Å². The van der Waals surface area contributed by atoms with E-state index in [1.807, 2.05) is 12.1 Å². The molecule has 13 heavy (non-hydrogen) atoms. The van der Waals surface area contributed by atoms with Gasteiger partial charge in [0, 0.05) is 12.4 Å². The summed E-state index contributed by atoms with van der Waals surface area (Å²) in [5.41, 5.74) is 1.76. The Hall–Kier alpha value is -1.62. The molecule has 0 aromatic carbocycles. The summed E-state index contributed by atoms with van der Waals surface area (Å²) in [6.07, 6.45) is 7.96. The van der Waals surface area contributed by atoms with Gasteiger partial charge in [0.05, 0.1) is 11.6 Å². The third-order valence-electron chi connectivity index (χ3n) is 2.14. The van der Waals surface area contributed by atoms with E-state index in [-0.39, 0.29) is 0 Å². The van der Waals surface area contributed by atoms with Crippen LogP contribution in [0.5, 0.6) is 0 Å². The lowest BCUT2D eigenvalue weighted by Crippen LogP contribution is -1.82. The van der Waals surface area contributed by atoms with Crippen LogP contribution in [0.2, 0.25) is 0 Å². The molecule has 0 aliphatic heterocycles. The van der Waals surface area contributed by atoms with E-state index in [2.05, 4.69) is 17.1 Å². The molecule has 0 saturated heterocycles. The molecule has 2 heteroatoms. The predicted molar refractivity (Wildman–Crippen MR) is 50.6 cm³/mol. The summed E-state index contributed by atoms with van der Waals surface area (Å²) in [5.74, 6) is 0.641. The SMILES string of the molecule is N#C/C(=C/C1CC1)c1ccncc1. The summed E-state index contributed by atoms with van der Waals surface area (Å²) in [6, 6.07) is 5.97. The molecule has 2 rings (SSSR count). The van der Waals surface area contributed by atoms with Gasteiger partial charge in [-0.3, -0.25) is 4.98 Å². The van der Waals surface area contributed by atoms with Crippen LogP contribution in [0.1, 0.15) is 18.4 Å². The van der Waals surface area contributed by atoms with Crippen molar-refractivity contribution >= 4 is 5.57 Å². The minimum absolute atomic E-state index is 0.641. The van der Waals surface area contributed by atoms with Crippen molar-refractivity contribution in [2.45, 2.75) is 12.8 Å². The maximum absolute atomic E-state index is 8.92. The Morgan fingerprint density at radius 2 is 2.15 bits per heavy atom. The number of nitriles is 1. The van der Waals surface area contributed by atoms with Crippen molar-refractivity contribution in [3.63, 3.8) is 0 Å². The molecule has 1 saturated carbocycles. The predicted octanol–water partition coefficient (Wildman–Crippen LogP) is 2.40. The fraction of sp³-hybridized carbons (Fsp3) is 0.273. The molecule has 0 N–H and O–H groups in total. The first-order chi connectivity index (χ1) is 6.40. The van der Waals surface area contributed by atoms with E-state index in [1.54, 1.807) is 12.4 Å². The summed E-state index contributed by atoms with van der Waals surface area (Å²) >= 11 is 0. The largest absolute Gasteiger partial charge is 0.265 e. The number of aromatic nitrogens is 1. The Balaban J connectivity index is 2.27. The Morgan fingerprint density at radius 1 is 1.46 bits per heavy atom. The van der Waals surface area contributed by atoms with E-state index in [0.717, 1.165) is 11.1 Å². The van der Waals surface area contributed by atoms with Crippen molar-refractivity contribution in [1.82, 2.24) is 4.98 Å². The highest BCUT2D eigenvalue weighted by molar-refractivity contribution is 5.76. The van der Waals surface area contributed by atoms with Crippen molar-refractivity contribution < 1.29 is 0 Å². The van der Waals surface area contributed by atoms with E-state index in [1.165, 1.54) is 12.8 Å². The molecule has 0 bridgehead atoms. The van der Waals surface area contributed by atoms with Crippen LogP contribution in [0.3, 0.4) is 0 Å². The molecular weight excluding hydrogens is 160 g/mol. The highest BCUT2D eigenvalue weighted by atomic mass is 14.6. The van der Waals surface area contributed by atoms with E-state index < -0.39 is 0 Å². The van der Waals surface area contributed by atoms with E-state index in [0.29, 0.717) is 5.92 Å². The lowest BCUT2D eigenvalue weighted by atomic mass is 10.1. The summed E-state index contributed by atoms with van der Waals surface area (Å²) in [6.45, 7) is 0. The molecule has 2 nitrogen and oxygen atoms in total. The van der Waals surface area contributed by atoms with E-state index in [9.17, 15) is 0 Å². The number of allylic oxidation sites excluding steroid dienone is 2. The number of hydrogen-bond donors (Lipinski definition) is 0. The maximum Gasteiger partial charge on any atom is 0.0994 e. The smallest absolute Gasteiger partial charge is 0.0994 e. The lowest BCUT2D eigenvalue weighted by molar-refractivity contribution is 1.13. The lowest BCUT2D eigenvalue weighted by Gasteiger charge is -1.96. The normalized spacial score (nSPS) is 16.7. The second kappa shape index (κ2) is 3.40. The van der Waals surface area contributed by atoms with Crippen LogP contribution in [-0.2, 0) is 0 Å². The number of rotatable bonds is 2. The highest BCUT2D eigenvalue weighted by Gasteiger charge is 2.19. The van der Waals surface area contributed by atoms with Gasteiger partial charge >= 0.3 is 0 Å². The van der Waals surface area contributed by atoms with Gasteiger partial charge in [-0.1, -0.05) is 6.08 Å². The van der Waals surface area contributed by atoms with Gasteiger partial charge in [0.15, 0.2) is 0 Å². The first kappa shape index (κ1) is 8.00. The molecule has 64 valence electrons. The first-order valence-electron chi connectivity index (χ1n) is 4.42. The summed E-state index contributed by atoms with van der Waals surface area (Å²) < 4.78 is 0.